The van der Waals surface area contributed by atoms with Crippen LogP contribution in [-0.4, -0.2) is 24.9 Å². The number of carbonyl (C=O) groups excluding carboxylic acids is 1. The zero-order valence-electron chi connectivity index (χ0n) is 12.5. The number of amides is 1. The molecular weight excluding hydrogens is 222 g/mol. The maximum atomic E-state index is 10.2. The van der Waals surface area contributed by atoms with E-state index in [1.165, 1.54) is 70.6 Å². The molecule has 2 nitrogen and oxygen atoms in total. The molecule has 0 aromatic carbocycles. The van der Waals surface area contributed by atoms with Gasteiger partial charge in [0.25, 0.3) is 0 Å². The Labute approximate surface area is 114 Å². The van der Waals surface area contributed by atoms with Crippen LogP contribution < -0.4 is 0 Å². The van der Waals surface area contributed by atoms with Gasteiger partial charge in [-0.2, -0.15) is 0 Å². The summed E-state index contributed by atoms with van der Waals surface area (Å²) in [7, 11) is 1.80. The number of rotatable bonds is 14. The van der Waals surface area contributed by atoms with Crippen LogP contribution in [0.3, 0.4) is 0 Å². The fourth-order valence-electron chi connectivity index (χ4n) is 2.24. The zero-order valence-corrected chi connectivity index (χ0v) is 12.5. The van der Waals surface area contributed by atoms with Crippen molar-refractivity contribution in [2.75, 3.05) is 13.6 Å². The Morgan fingerprint density at radius 2 is 1.11 bits per heavy atom. The molecular formula is C16H32NO. The summed E-state index contributed by atoms with van der Waals surface area (Å²) in [4.78, 5) is 11.8. The smallest absolute Gasteiger partial charge is 0.311 e. The molecule has 1 amide bonds. The van der Waals surface area contributed by atoms with Gasteiger partial charge in [-0.25, -0.2) is 0 Å². The van der Waals surface area contributed by atoms with E-state index in [1.54, 1.807) is 11.9 Å². The predicted octanol–water partition coefficient (Wildman–Crippen LogP) is 4.69. The number of nitrogens with zero attached hydrogens (tertiary/aromatic N) is 1. The Kier molecular flexibility index (Phi) is 14.1. The second kappa shape index (κ2) is 14.5. The Hall–Kier alpha value is -0.530. The third-order valence-corrected chi connectivity index (χ3v) is 3.50. The summed E-state index contributed by atoms with van der Waals surface area (Å²) in [5, 5.41) is 0. The molecule has 0 saturated heterocycles. The summed E-state index contributed by atoms with van der Waals surface area (Å²) in [6.07, 6.45) is 18.2. The normalized spacial score (nSPS) is 10.6. The van der Waals surface area contributed by atoms with E-state index in [9.17, 15) is 4.79 Å². The van der Waals surface area contributed by atoms with Crippen LogP contribution in [0.5, 0.6) is 0 Å². The van der Waals surface area contributed by atoms with E-state index >= 15 is 0 Å². The predicted molar refractivity (Wildman–Crippen MR) is 79.4 cm³/mol. The molecule has 0 N–H and O–H groups in total. The van der Waals surface area contributed by atoms with Gasteiger partial charge in [0.1, 0.15) is 0 Å². The molecule has 0 aliphatic carbocycles. The lowest BCUT2D eigenvalue weighted by Gasteiger charge is -2.08. The Balaban J connectivity index is 2.96. The van der Waals surface area contributed by atoms with Gasteiger partial charge < -0.3 is 4.90 Å². The minimum Gasteiger partial charge on any atom is -0.338 e. The largest absolute Gasteiger partial charge is 0.338 e. The molecule has 0 saturated carbocycles. The lowest BCUT2D eigenvalue weighted by Crippen LogP contribution is -2.16. The van der Waals surface area contributed by atoms with Crippen LogP contribution in [-0.2, 0) is 4.79 Å². The van der Waals surface area contributed by atoms with Crippen LogP contribution in [0, 0.1) is 0 Å². The monoisotopic (exact) mass is 254 g/mol. The van der Waals surface area contributed by atoms with Crippen molar-refractivity contribution in [3.8, 4) is 0 Å². The molecule has 2 heteroatoms. The molecule has 0 aromatic heterocycles. The molecule has 0 fully saturated rings. The van der Waals surface area contributed by atoms with Crippen molar-refractivity contribution in [2.24, 2.45) is 0 Å². The van der Waals surface area contributed by atoms with Crippen LogP contribution in [0.25, 0.3) is 0 Å². The minimum absolute atomic E-state index is 0.862. The Morgan fingerprint density at radius 3 is 1.50 bits per heavy atom. The Morgan fingerprint density at radius 1 is 0.722 bits per heavy atom. The molecule has 0 atom stereocenters. The summed E-state index contributed by atoms with van der Waals surface area (Å²) < 4.78 is 0. The summed E-state index contributed by atoms with van der Waals surface area (Å²) in [5.41, 5.74) is 0. The standard InChI is InChI=1S/C16H32NO/c1-3-4-5-6-7-8-9-10-11-12-13-14-15-17(2)16-18/h3-15H2,1-2H3. The quantitative estimate of drug-likeness (QED) is 0.325. The maximum absolute atomic E-state index is 10.2. The van der Waals surface area contributed by atoms with Crippen molar-refractivity contribution in [1.29, 1.82) is 0 Å². The van der Waals surface area contributed by atoms with Gasteiger partial charge >= 0.3 is 6.41 Å². The van der Waals surface area contributed by atoms with E-state index in [4.69, 9.17) is 0 Å². The topological polar surface area (TPSA) is 20.3 Å². The fourth-order valence-corrected chi connectivity index (χ4v) is 2.24. The van der Waals surface area contributed by atoms with Gasteiger partial charge in [0.05, 0.1) is 0 Å². The van der Waals surface area contributed by atoms with Crippen LogP contribution in [0.2, 0.25) is 0 Å². The average Bonchev–Trinajstić information content (AvgIpc) is 2.39. The molecule has 0 heterocycles. The van der Waals surface area contributed by atoms with Crippen molar-refractivity contribution in [3.63, 3.8) is 0 Å². The SMILES string of the molecule is CCCCCCCCCCCCCCN(C)[C]=O. The highest BCUT2D eigenvalue weighted by Gasteiger charge is 1.95. The molecule has 0 aromatic rings. The fraction of sp³-hybridized carbons (Fsp3) is 0.938. The first-order valence-electron chi connectivity index (χ1n) is 7.90. The van der Waals surface area contributed by atoms with Crippen molar-refractivity contribution < 1.29 is 4.79 Å². The first-order valence-corrected chi connectivity index (χ1v) is 7.90. The molecule has 0 unspecified atom stereocenters. The van der Waals surface area contributed by atoms with Gasteiger partial charge in [-0.3, -0.25) is 4.79 Å². The van der Waals surface area contributed by atoms with Gasteiger partial charge in [-0.15, -0.1) is 0 Å². The van der Waals surface area contributed by atoms with E-state index in [-0.39, 0.29) is 0 Å². The molecule has 0 rings (SSSR count). The van der Waals surface area contributed by atoms with Gasteiger partial charge in [-0.1, -0.05) is 77.6 Å². The summed E-state index contributed by atoms with van der Waals surface area (Å²) in [6.45, 7) is 3.13. The van der Waals surface area contributed by atoms with Gasteiger partial charge in [0.2, 0.25) is 0 Å². The molecule has 0 bridgehead atoms. The van der Waals surface area contributed by atoms with E-state index < -0.39 is 0 Å². The van der Waals surface area contributed by atoms with Gasteiger partial charge in [0.15, 0.2) is 0 Å². The highest BCUT2D eigenvalue weighted by Crippen LogP contribution is 2.11. The van der Waals surface area contributed by atoms with Crippen molar-refractivity contribution in [2.45, 2.75) is 84.0 Å². The summed E-state index contributed by atoms with van der Waals surface area (Å²) in [5.74, 6) is 0. The van der Waals surface area contributed by atoms with Crippen LogP contribution in [0.15, 0.2) is 0 Å². The van der Waals surface area contributed by atoms with Crippen LogP contribution in [0.4, 0.5) is 0 Å². The van der Waals surface area contributed by atoms with E-state index in [1.807, 2.05) is 6.41 Å². The summed E-state index contributed by atoms with van der Waals surface area (Å²) in [6, 6.07) is 0. The number of unbranched alkanes of at least 4 members (excludes halogenated alkanes) is 11. The number of hydrogen-bond donors (Lipinski definition) is 0. The Bertz CT molecular complexity index is 170. The minimum atomic E-state index is 0.862. The molecule has 107 valence electrons. The average molecular weight is 254 g/mol. The van der Waals surface area contributed by atoms with E-state index in [0.29, 0.717) is 0 Å². The summed E-state index contributed by atoms with van der Waals surface area (Å²) >= 11 is 0. The molecule has 18 heavy (non-hydrogen) atoms. The first kappa shape index (κ1) is 17.5. The third-order valence-electron chi connectivity index (χ3n) is 3.50. The lowest BCUT2D eigenvalue weighted by molar-refractivity contribution is 0.417. The van der Waals surface area contributed by atoms with Crippen LogP contribution >= 0.6 is 0 Å². The van der Waals surface area contributed by atoms with E-state index in [2.05, 4.69) is 6.92 Å². The third kappa shape index (κ3) is 13.5. The number of hydrogen-bond acceptors (Lipinski definition) is 1. The second-order valence-corrected chi connectivity index (χ2v) is 5.40. The van der Waals surface area contributed by atoms with E-state index in [0.717, 1.165) is 13.0 Å². The molecule has 0 spiro atoms. The highest BCUT2D eigenvalue weighted by atomic mass is 16.1. The molecule has 0 aliphatic heterocycles. The van der Waals surface area contributed by atoms with Crippen molar-refractivity contribution in [3.05, 3.63) is 0 Å². The maximum Gasteiger partial charge on any atom is 0.311 e. The van der Waals surface area contributed by atoms with Crippen molar-refractivity contribution >= 4 is 6.41 Å². The zero-order chi connectivity index (χ0) is 13.5. The second-order valence-electron chi connectivity index (χ2n) is 5.40. The lowest BCUT2D eigenvalue weighted by atomic mass is 10.1. The van der Waals surface area contributed by atoms with Gasteiger partial charge in [0, 0.05) is 13.6 Å². The first-order chi connectivity index (χ1) is 8.81. The highest BCUT2D eigenvalue weighted by molar-refractivity contribution is 5.47. The molecule has 0 aliphatic rings. The van der Waals surface area contributed by atoms with Crippen LogP contribution in [0.1, 0.15) is 84.0 Å². The molecule has 1 radical (unpaired) electrons. The van der Waals surface area contributed by atoms with Crippen molar-refractivity contribution in [1.82, 2.24) is 4.90 Å². The van der Waals surface area contributed by atoms with Gasteiger partial charge in [-0.05, 0) is 6.42 Å².